The molecule has 4 heterocycles. The van der Waals surface area contributed by atoms with E-state index in [0.29, 0.717) is 35.7 Å². The van der Waals surface area contributed by atoms with E-state index < -0.39 is 5.97 Å². The van der Waals surface area contributed by atoms with Crippen LogP contribution in [0.4, 0.5) is 5.95 Å². The van der Waals surface area contributed by atoms with Gasteiger partial charge in [-0.05, 0) is 57.4 Å². The number of piperidine rings is 1. The van der Waals surface area contributed by atoms with Gasteiger partial charge in [-0.1, -0.05) is 23.4 Å². The van der Waals surface area contributed by atoms with Crippen LogP contribution in [-0.4, -0.2) is 65.8 Å². The number of benzene rings is 1. The van der Waals surface area contributed by atoms with Gasteiger partial charge in [0.1, 0.15) is 5.69 Å². The number of aliphatic imine (C=N–C) groups is 1. The summed E-state index contributed by atoms with van der Waals surface area (Å²) in [6.45, 7) is 4.02. The number of hydrogen-bond donors (Lipinski definition) is 2. The molecule has 1 fully saturated rings. The van der Waals surface area contributed by atoms with E-state index >= 15 is 0 Å². The first-order chi connectivity index (χ1) is 18.4. The van der Waals surface area contributed by atoms with Crippen molar-refractivity contribution in [2.75, 3.05) is 18.8 Å². The molecule has 1 saturated heterocycles. The number of nitrogens with two attached hydrogens (primary N) is 1. The van der Waals surface area contributed by atoms with E-state index in [4.69, 9.17) is 10.7 Å². The number of carbonyl (C=O) groups is 1. The highest BCUT2D eigenvalue weighted by atomic mass is 16.4. The summed E-state index contributed by atoms with van der Waals surface area (Å²) in [7, 11) is 0. The third-order valence-corrected chi connectivity index (χ3v) is 7.03. The zero-order valence-corrected chi connectivity index (χ0v) is 21.2. The van der Waals surface area contributed by atoms with Gasteiger partial charge >= 0.3 is 5.97 Å². The Balaban J connectivity index is 1.31. The number of nitrogen functional groups attached to an aromatic ring is 1. The lowest BCUT2D eigenvalue weighted by molar-refractivity contribution is -0.143. The van der Waals surface area contributed by atoms with Gasteiger partial charge in [0.15, 0.2) is 0 Å². The van der Waals surface area contributed by atoms with E-state index in [1.54, 1.807) is 28.9 Å². The summed E-state index contributed by atoms with van der Waals surface area (Å²) >= 11 is 0. The molecule has 0 amide bonds. The summed E-state index contributed by atoms with van der Waals surface area (Å²) in [6, 6.07) is 11.1. The number of carboxylic acid groups (broad SMARTS) is 1. The van der Waals surface area contributed by atoms with Crippen molar-refractivity contribution < 1.29 is 9.90 Å². The Labute approximate surface area is 220 Å². The Kier molecular flexibility index (Phi) is 7.24. The summed E-state index contributed by atoms with van der Waals surface area (Å²) in [4.78, 5) is 27.3. The van der Waals surface area contributed by atoms with Crippen LogP contribution in [0.15, 0.2) is 53.3 Å². The molecule has 0 unspecified atom stereocenters. The number of carboxylic acids is 1. The summed E-state index contributed by atoms with van der Waals surface area (Å²) in [5.74, 6) is -0.935. The minimum Gasteiger partial charge on any atom is -0.481 e. The predicted octanol–water partition coefficient (Wildman–Crippen LogP) is 3.16. The molecule has 0 saturated carbocycles. The summed E-state index contributed by atoms with van der Waals surface area (Å²) in [6.07, 6.45) is 7.27. The third-order valence-electron chi connectivity index (χ3n) is 7.03. The smallest absolute Gasteiger partial charge is 0.307 e. The molecule has 194 valence electrons. The van der Waals surface area contributed by atoms with Gasteiger partial charge in [0.25, 0.3) is 0 Å². The highest BCUT2D eigenvalue weighted by molar-refractivity contribution is 5.86. The normalized spacial score (nSPS) is 18.8. The van der Waals surface area contributed by atoms with Crippen molar-refractivity contribution in [1.82, 2.24) is 29.9 Å². The molecule has 2 atom stereocenters. The molecule has 2 aliphatic heterocycles. The highest BCUT2D eigenvalue weighted by Gasteiger charge is 2.29. The van der Waals surface area contributed by atoms with Crippen LogP contribution in [0.3, 0.4) is 0 Å². The Morgan fingerprint density at radius 3 is 2.92 bits per heavy atom. The number of rotatable bonds is 7. The second kappa shape index (κ2) is 10.9. The first kappa shape index (κ1) is 25.2. The molecule has 0 spiro atoms. The van der Waals surface area contributed by atoms with E-state index in [1.807, 2.05) is 12.3 Å². The zero-order valence-electron chi connectivity index (χ0n) is 21.2. The van der Waals surface area contributed by atoms with E-state index in [0.717, 1.165) is 49.2 Å². The number of likely N-dealkylation sites (tertiary alicyclic amines) is 1. The molecule has 5 rings (SSSR count). The van der Waals surface area contributed by atoms with Crippen molar-refractivity contribution in [3.8, 4) is 28.7 Å². The van der Waals surface area contributed by atoms with Gasteiger partial charge < -0.3 is 10.8 Å². The Bertz CT molecular complexity index is 1450. The number of hydrogen-bond acceptors (Lipinski definition) is 9. The fourth-order valence-electron chi connectivity index (χ4n) is 4.97. The topological polar surface area (TPSA) is 159 Å². The van der Waals surface area contributed by atoms with Crippen molar-refractivity contribution in [1.29, 1.82) is 5.26 Å². The van der Waals surface area contributed by atoms with E-state index in [9.17, 15) is 15.2 Å². The number of aromatic nitrogens is 5. The standard InChI is InChI=1S/C27H29N9O2/c1-17(35-10-4-7-20(14-35)26(37)38)22-9-3-8-21(30-22)15-36-16-25(33-34-36)24-12-23(31-27(29)32-24)19-6-2-5-18(11-19)13-28/h2,5-6,9,11-12,16-17,20H,3-4,7-8,10,14-15H2,1H3,(H,37,38)(H2,29,31,32)/t17-,20+/m0/s1. The third kappa shape index (κ3) is 5.60. The maximum absolute atomic E-state index is 11.5. The van der Waals surface area contributed by atoms with Crippen LogP contribution < -0.4 is 5.73 Å². The Morgan fingerprint density at radius 2 is 2.11 bits per heavy atom. The lowest BCUT2D eigenvalue weighted by atomic mass is 9.96. The molecule has 3 aromatic rings. The number of aliphatic carboxylic acids is 1. The molecule has 2 aromatic heterocycles. The molecular weight excluding hydrogens is 482 g/mol. The van der Waals surface area contributed by atoms with Gasteiger partial charge in [-0.15, -0.1) is 5.10 Å². The Morgan fingerprint density at radius 1 is 1.26 bits per heavy atom. The first-order valence-corrected chi connectivity index (χ1v) is 12.7. The minimum absolute atomic E-state index is 0.0562. The van der Waals surface area contributed by atoms with Crippen LogP contribution in [0.2, 0.25) is 0 Å². The fraction of sp³-hybridized carbons (Fsp3) is 0.370. The fourth-order valence-corrected chi connectivity index (χ4v) is 4.97. The molecule has 0 bridgehead atoms. The molecule has 11 nitrogen and oxygen atoms in total. The van der Waals surface area contributed by atoms with E-state index in [2.05, 4.69) is 44.2 Å². The molecule has 0 aliphatic carbocycles. The van der Waals surface area contributed by atoms with Crippen molar-refractivity contribution in [3.05, 3.63) is 53.9 Å². The van der Waals surface area contributed by atoms with Gasteiger partial charge in [-0.2, -0.15) is 5.26 Å². The van der Waals surface area contributed by atoms with Crippen LogP contribution in [-0.2, 0) is 11.3 Å². The maximum atomic E-state index is 11.5. The monoisotopic (exact) mass is 511 g/mol. The van der Waals surface area contributed by atoms with Crippen molar-refractivity contribution >= 4 is 17.6 Å². The second-order valence-electron chi connectivity index (χ2n) is 9.68. The molecule has 11 heteroatoms. The Hall–Kier alpha value is -4.43. The summed E-state index contributed by atoms with van der Waals surface area (Å²) in [5.41, 5.74) is 11.0. The maximum Gasteiger partial charge on any atom is 0.307 e. The van der Waals surface area contributed by atoms with Crippen molar-refractivity contribution in [2.45, 2.75) is 45.2 Å². The minimum atomic E-state index is -0.723. The molecule has 1 aromatic carbocycles. The molecule has 2 aliphatic rings. The molecule has 38 heavy (non-hydrogen) atoms. The van der Waals surface area contributed by atoms with Crippen LogP contribution in [0, 0.1) is 17.2 Å². The van der Waals surface area contributed by atoms with Gasteiger partial charge in [0, 0.05) is 23.9 Å². The van der Waals surface area contributed by atoms with Gasteiger partial charge in [-0.3, -0.25) is 14.7 Å². The summed E-state index contributed by atoms with van der Waals surface area (Å²) < 4.78 is 1.73. The van der Waals surface area contributed by atoms with Gasteiger partial charge in [0.2, 0.25) is 5.95 Å². The molecule has 3 N–H and O–H groups in total. The molecule has 0 radical (unpaired) electrons. The van der Waals surface area contributed by atoms with Crippen LogP contribution in [0.5, 0.6) is 0 Å². The highest BCUT2D eigenvalue weighted by Crippen LogP contribution is 2.26. The first-order valence-electron chi connectivity index (χ1n) is 12.7. The van der Waals surface area contributed by atoms with Crippen molar-refractivity contribution in [3.63, 3.8) is 0 Å². The van der Waals surface area contributed by atoms with Crippen LogP contribution >= 0.6 is 0 Å². The predicted molar refractivity (Wildman–Crippen MR) is 142 cm³/mol. The molecular formula is C27H29N9O2. The SMILES string of the molecule is C[C@@H](C1=CCCC(Cn2cc(-c3cc(-c4cccc(C#N)c4)nc(N)n3)nn2)=N1)N1CCC[C@@H](C(=O)O)C1. The lowest BCUT2D eigenvalue weighted by Crippen LogP contribution is -2.44. The zero-order chi connectivity index (χ0) is 26.6. The average Bonchev–Trinajstić information content (AvgIpc) is 3.41. The second-order valence-corrected chi connectivity index (χ2v) is 9.68. The average molecular weight is 512 g/mol. The summed E-state index contributed by atoms with van der Waals surface area (Å²) in [5, 5.41) is 27.2. The number of allylic oxidation sites excluding steroid dienone is 1. The van der Waals surface area contributed by atoms with Crippen LogP contribution in [0.25, 0.3) is 22.6 Å². The van der Waals surface area contributed by atoms with Crippen LogP contribution in [0.1, 0.15) is 38.2 Å². The lowest BCUT2D eigenvalue weighted by Gasteiger charge is -2.36. The number of nitriles is 1. The van der Waals surface area contributed by atoms with E-state index in [-0.39, 0.29) is 17.9 Å². The quantitative estimate of drug-likeness (QED) is 0.486. The largest absolute Gasteiger partial charge is 0.481 e. The van der Waals surface area contributed by atoms with E-state index in [1.165, 1.54) is 0 Å². The number of nitrogens with zero attached hydrogens (tertiary/aromatic N) is 8. The van der Waals surface area contributed by atoms with Gasteiger partial charge in [0.05, 0.1) is 47.4 Å². The van der Waals surface area contributed by atoms with Gasteiger partial charge in [-0.25, -0.2) is 14.6 Å². The number of anilines is 1. The van der Waals surface area contributed by atoms with Crippen molar-refractivity contribution in [2.24, 2.45) is 10.9 Å².